The van der Waals surface area contributed by atoms with Gasteiger partial charge in [0.25, 0.3) is 6.43 Å². The fraction of sp³-hybridized carbons (Fsp3) is 0.111. The molecule has 3 nitrogen and oxygen atoms in total. The molecule has 0 spiro atoms. The number of nitrogens with one attached hydrogen (secondary N) is 2. The van der Waals surface area contributed by atoms with Crippen LogP contribution in [-0.4, -0.2) is 11.2 Å². The Morgan fingerprint density at radius 3 is 2.58 bits per heavy atom. The van der Waals surface area contributed by atoms with Crippen molar-refractivity contribution in [2.45, 2.75) is 13.0 Å². The molecule has 0 radical (unpaired) electrons. The summed E-state index contributed by atoms with van der Waals surface area (Å²) in [7, 11) is 0. The summed E-state index contributed by atoms with van der Waals surface area (Å²) in [5.41, 5.74) is 1.05. The molecule has 26 heavy (non-hydrogen) atoms. The van der Waals surface area contributed by atoms with Crippen LogP contribution in [-0.2, 0) is 6.54 Å². The SMILES string of the molecule is N=Cc1ncc(-c2ccc(F)c(C(F)F)c2)cc1NCc1ccc(F)s1. The Kier molecular flexibility index (Phi) is 5.32. The lowest BCUT2D eigenvalue weighted by atomic mass is 10.0. The van der Waals surface area contributed by atoms with Gasteiger partial charge in [-0.3, -0.25) is 4.98 Å². The lowest BCUT2D eigenvalue weighted by molar-refractivity contribution is 0.146. The minimum atomic E-state index is -2.92. The average molecular weight is 379 g/mol. The second kappa shape index (κ2) is 7.65. The van der Waals surface area contributed by atoms with Gasteiger partial charge in [0.1, 0.15) is 11.5 Å². The smallest absolute Gasteiger partial charge is 0.266 e. The van der Waals surface area contributed by atoms with Crippen LogP contribution < -0.4 is 5.32 Å². The lowest BCUT2D eigenvalue weighted by Gasteiger charge is -2.11. The van der Waals surface area contributed by atoms with Crippen LogP contribution in [0, 0.1) is 16.4 Å². The zero-order valence-corrected chi connectivity index (χ0v) is 14.1. The first-order valence-corrected chi connectivity index (χ1v) is 8.36. The predicted octanol–water partition coefficient (Wildman–Crippen LogP) is 5.64. The van der Waals surface area contributed by atoms with Crippen molar-refractivity contribution in [3.63, 3.8) is 0 Å². The molecule has 2 N–H and O–H groups in total. The summed E-state index contributed by atoms with van der Waals surface area (Å²) in [4.78, 5) is 4.89. The molecular formula is C18H13F4N3S. The quantitative estimate of drug-likeness (QED) is 0.430. The maximum atomic E-state index is 13.5. The summed E-state index contributed by atoms with van der Waals surface area (Å²) >= 11 is 0.996. The van der Waals surface area contributed by atoms with E-state index in [0.29, 0.717) is 29.1 Å². The third-order valence-corrected chi connectivity index (χ3v) is 4.58. The van der Waals surface area contributed by atoms with Gasteiger partial charge < -0.3 is 10.7 Å². The van der Waals surface area contributed by atoms with Gasteiger partial charge >= 0.3 is 0 Å². The highest BCUT2D eigenvalue weighted by Crippen LogP contribution is 2.30. The molecule has 0 aliphatic heterocycles. The minimum Gasteiger partial charge on any atom is -0.378 e. The van der Waals surface area contributed by atoms with Crippen molar-refractivity contribution >= 4 is 23.2 Å². The molecule has 0 aliphatic rings. The lowest BCUT2D eigenvalue weighted by Crippen LogP contribution is -2.03. The number of hydrogen-bond donors (Lipinski definition) is 2. The molecular weight excluding hydrogens is 366 g/mol. The van der Waals surface area contributed by atoms with Crippen molar-refractivity contribution < 1.29 is 17.6 Å². The number of aromatic nitrogens is 1. The summed E-state index contributed by atoms with van der Waals surface area (Å²) in [6, 6.07) is 8.10. The first kappa shape index (κ1) is 18.1. The normalized spacial score (nSPS) is 11.0. The average Bonchev–Trinajstić information content (AvgIpc) is 3.05. The van der Waals surface area contributed by atoms with E-state index in [2.05, 4.69) is 10.3 Å². The number of halogens is 4. The standard InChI is InChI=1S/C18H13F4N3S/c19-14-3-1-10(5-13(14)18(21)22)11-6-15(16(7-23)24-8-11)25-9-12-2-4-17(20)26-12/h1-8,18,23,25H,9H2. The van der Waals surface area contributed by atoms with E-state index in [4.69, 9.17) is 5.41 Å². The molecule has 134 valence electrons. The second-order valence-corrected chi connectivity index (χ2v) is 6.52. The molecule has 0 aliphatic carbocycles. The van der Waals surface area contributed by atoms with Gasteiger partial charge in [0.05, 0.1) is 11.3 Å². The van der Waals surface area contributed by atoms with Crippen LogP contribution in [0.4, 0.5) is 23.2 Å². The van der Waals surface area contributed by atoms with Gasteiger partial charge in [-0.15, -0.1) is 11.3 Å². The number of anilines is 1. The summed E-state index contributed by atoms with van der Waals surface area (Å²) in [5, 5.41) is 10.2. The molecule has 0 amide bonds. The molecule has 0 unspecified atom stereocenters. The van der Waals surface area contributed by atoms with Crippen molar-refractivity contribution in [2.75, 3.05) is 5.32 Å². The van der Waals surface area contributed by atoms with E-state index in [1.165, 1.54) is 18.3 Å². The van der Waals surface area contributed by atoms with Crippen molar-refractivity contribution in [3.05, 3.63) is 69.7 Å². The van der Waals surface area contributed by atoms with E-state index in [1.54, 1.807) is 12.1 Å². The van der Waals surface area contributed by atoms with Gasteiger partial charge in [-0.2, -0.15) is 4.39 Å². The van der Waals surface area contributed by atoms with Gasteiger partial charge in [0.15, 0.2) is 5.13 Å². The summed E-state index contributed by atoms with van der Waals surface area (Å²) in [6.07, 6.45) is -0.440. The van der Waals surface area contributed by atoms with Crippen molar-refractivity contribution in [2.24, 2.45) is 0 Å². The fourth-order valence-corrected chi connectivity index (χ4v) is 3.08. The molecule has 3 aromatic rings. The third-order valence-electron chi connectivity index (χ3n) is 3.70. The fourth-order valence-electron chi connectivity index (χ4n) is 2.41. The van der Waals surface area contributed by atoms with Gasteiger partial charge in [0, 0.05) is 29.4 Å². The van der Waals surface area contributed by atoms with Gasteiger partial charge in [-0.05, 0) is 35.9 Å². The largest absolute Gasteiger partial charge is 0.378 e. The molecule has 3 rings (SSSR count). The summed E-state index contributed by atoms with van der Waals surface area (Å²) in [5.74, 6) is -0.967. The molecule has 2 aromatic heterocycles. The molecule has 8 heteroatoms. The highest BCUT2D eigenvalue weighted by atomic mass is 32.1. The van der Waals surface area contributed by atoms with Crippen LogP contribution in [0.1, 0.15) is 22.6 Å². The van der Waals surface area contributed by atoms with Crippen molar-refractivity contribution in [1.29, 1.82) is 5.41 Å². The molecule has 0 fully saturated rings. The Morgan fingerprint density at radius 2 is 1.92 bits per heavy atom. The molecule has 0 saturated heterocycles. The zero-order valence-electron chi connectivity index (χ0n) is 13.3. The Bertz CT molecular complexity index is 940. The Hall–Kier alpha value is -2.74. The van der Waals surface area contributed by atoms with Crippen LogP contribution >= 0.6 is 11.3 Å². The highest BCUT2D eigenvalue weighted by molar-refractivity contribution is 7.10. The molecule has 2 heterocycles. The zero-order chi connectivity index (χ0) is 18.7. The van der Waals surface area contributed by atoms with Crippen molar-refractivity contribution in [3.8, 4) is 11.1 Å². The van der Waals surface area contributed by atoms with Gasteiger partial charge in [-0.25, -0.2) is 13.2 Å². The molecule has 0 saturated carbocycles. The maximum absolute atomic E-state index is 13.5. The number of benzene rings is 1. The number of hydrogen-bond acceptors (Lipinski definition) is 4. The third kappa shape index (κ3) is 3.91. The molecule has 0 bridgehead atoms. The summed E-state index contributed by atoms with van der Waals surface area (Å²) < 4.78 is 52.4. The van der Waals surface area contributed by atoms with Crippen LogP contribution in [0.2, 0.25) is 0 Å². The number of nitrogens with zero attached hydrogens (tertiary/aromatic N) is 1. The van der Waals surface area contributed by atoms with E-state index in [9.17, 15) is 17.6 Å². The predicted molar refractivity (Wildman–Crippen MR) is 94.1 cm³/mol. The highest BCUT2D eigenvalue weighted by Gasteiger charge is 2.15. The number of alkyl halides is 2. The van der Waals surface area contributed by atoms with Crippen LogP contribution in [0.5, 0.6) is 0 Å². The molecule has 0 atom stereocenters. The van der Waals surface area contributed by atoms with E-state index in [-0.39, 0.29) is 5.13 Å². The van der Waals surface area contributed by atoms with Crippen LogP contribution in [0.3, 0.4) is 0 Å². The van der Waals surface area contributed by atoms with Gasteiger partial charge in [0.2, 0.25) is 0 Å². The monoisotopic (exact) mass is 379 g/mol. The van der Waals surface area contributed by atoms with E-state index < -0.39 is 17.8 Å². The van der Waals surface area contributed by atoms with E-state index in [1.807, 2.05) is 0 Å². The van der Waals surface area contributed by atoms with Crippen molar-refractivity contribution in [1.82, 2.24) is 4.98 Å². The van der Waals surface area contributed by atoms with Crippen LogP contribution in [0.15, 0.2) is 42.6 Å². The summed E-state index contributed by atoms with van der Waals surface area (Å²) in [6.45, 7) is 0.326. The number of thiophene rings is 1. The Labute approximate surface area is 150 Å². The second-order valence-electron chi connectivity index (χ2n) is 5.40. The first-order chi connectivity index (χ1) is 12.5. The van der Waals surface area contributed by atoms with E-state index in [0.717, 1.165) is 34.6 Å². The topological polar surface area (TPSA) is 48.8 Å². The number of pyridine rings is 1. The Morgan fingerprint density at radius 1 is 1.12 bits per heavy atom. The molecule has 1 aromatic carbocycles. The van der Waals surface area contributed by atoms with Gasteiger partial charge in [-0.1, -0.05) is 6.07 Å². The minimum absolute atomic E-state index is 0.299. The number of rotatable bonds is 6. The first-order valence-electron chi connectivity index (χ1n) is 7.54. The maximum Gasteiger partial charge on any atom is 0.266 e. The van der Waals surface area contributed by atoms with Crippen LogP contribution in [0.25, 0.3) is 11.1 Å². The van der Waals surface area contributed by atoms with E-state index >= 15 is 0 Å². The Balaban J connectivity index is 1.91.